The maximum Gasteiger partial charge on any atom is 0.123 e. The average molecular weight is 239 g/mol. The molecule has 1 atom stereocenters. The molecule has 0 aromatic heterocycles. The van der Waals surface area contributed by atoms with Crippen LogP contribution in [0.3, 0.4) is 0 Å². The summed E-state index contributed by atoms with van der Waals surface area (Å²) in [5.74, 6) is 1.05. The van der Waals surface area contributed by atoms with Crippen molar-refractivity contribution in [3.8, 4) is 5.75 Å². The zero-order chi connectivity index (χ0) is 12.7. The van der Waals surface area contributed by atoms with Crippen molar-refractivity contribution in [2.45, 2.75) is 33.1 Å². The van der Waals surface area contributed by atoms with E-state index in [9.17, 15) is 4.39 Å². The van der Waals surface area contributed by atoms with Crippen molar-refractivity contribution in [3.63, 3.8) is 0 Å². The lowest BCUT2D eigenvalue weighted by molar-refractivity contribution is 0.311. The molecule has 0 saturated heterocycles. The Morgan fingerprint density at radius 3 is 2.82 bits per heavy atom. The Kier molecular flexibility index (Phi) is 5.98. The summed E-state index contributed by atoms with van der Waals surface area (Å²) in [5, 5.41) is 0. The molecule has 2 nitrogen and oxygen atoms in total. The molecule has 1 unspecified atom stereocenters. The fraction of sp³-hybridized carbons (Fsp3) is 0.571. The highest BCUT2D eigenvalue weighted by atomic mass is 19.1. The highest BCUT2D eigenvalue weighted by molar-refractivity contribution is 5.34. The zero-order valence-corrected chi connectivity index (χ0v) is 10.7. The monoisotopic (exact) mass is 239 g/mol. The first-order valence-corrected chi connectivity index (χ1v) is 6.28. The summed E-state index contributed by atoms with van der Waals surface area (Å²) in [4.78, 5) is 0. The van der Waals surface area contributed by atoms with E-state index in [0.29, 0.717) is 19.1 Å². The largest absolute Gasteiger partial charge is 0.493 e. The van der Waals surface area contributed by atoms with Gasteiger partial charge in [0.25, 0.3) is 0 Å². The molecule has 2 N–H and O–H groups in total. The molecule has 1 rings (SSSR count). The third kappa shape index (κ3) is 4.73. The Bertz CT molecular complexity index is 341. The van der Waals surface area contributed by atoms with Gasteiger partial charge in [-0.1, -0.05) is 13.8 Å². The molecule has 96 valence electrons. The van der Waals surface area contributed by atoms with E-state index >= 15 is 0 Å². The Labute approximate surface area is 103 Å². The number of halogens is 1. The first kappa shape index (κ1) is 14.0. The van der Waals surface area contributed by atoms with Crippen LogP contribution in [-0.2, 0) is 6.42 Å². The van der Waals surface area contributed by atoms with Gasteiger partial charge < -0.3 is 10.5 Å². The Morgan fingerprint density at radius 2 is 2.18 bits per heavy atom. The lowest BCUT2D eigenvalue weighted by atomic mass is 9.97. The van der Waals surface area contributed by atoms with E-state index in [2.05, 4.69) is 13.8 Å². The SMILES string of the molecule is CCCOc1ccc(F)cc1CC(C)CCN. The molecule has 0 bridgehead atoms. The Hall–Kier alpha value is -1.09. The normalized spacial score (nSPS) is 12.5. The van der Waals surface area contributed by atoms with Gasteiger partial charge in [0.1, 0.15) is 11.6 Å². The van der Waals surface area contributed by atoms with Crippen molar-refractivity contribution in [1.82, 2.24) is 0 Å². The van der Waals surface area contributed by atoms with Gasteiger partial charge >= 0.3 is 0 Å². The summed E-state index contributed by atoms with van der Waals surface area (Å²) in [6.07, 6.45) is 2.72. The van der Waals surface area contributed by atoms with E-state index < -0.39 is 0 Å². The summed E-state index contributed by atoms with van der Waals surface area (Å²) in [5.41, 5.74) is 6.47. The fourth-order valence-electron chi connectivity index (χ4n) is 1.82. The van der Waals surface area contributed by atoms with Crippen molar-refractivity contribution in [1.29, 1.82) is 0 Å². The van der Waals surface area contributed by atoms with Gasteiger partial charge in [-0.3, -0.25) is 0 Å². The number of hydrogen-bond acceptors (Lipinski definition) is 2. The van der Waals surface area contributed by atoms with Crippen molar-refractivity contribution in [2.24, 2.45) is 11.7 Å². The summed E-state index contributed by atoms with van der Waals surface area (Å²) in [6.45, 7) is 5.52. The first-order valence-electron chi connectivity index (χ1n) is 6.28. The average Bonchev–Trinajstić information content (AvgIpc) is 2.28. The van der Waals surface area contributed by atoms with Gasteiger partial charge in [-0.25, -0.2) is 4.39 Å². The third-order valence-corrected chi connectivity index (χ3v) is 2.71. The summed E-state index contributed by atoms with van der Waals surface area (Å²) < 4.78 is 18.8. The first-order chi connectivity index (χ1) is 8.17. The lowest BCUT2D eigenvalue weighted by Gasteiger charge is -2.14. The van der Waals surface area contributed by atoms with E-state index in [-0.39, 0.29) is 5.82 Å². The van der Waals surface area contributed by atoms with Crippen molar-refractivity contribution in [2.75, 3.05) is 13.2 Å². The smallest absolute Gasteiger partial charge is 0.123 e. The molecule has 0 spiro atoms. The quantitative estimate of drug-likeness (QED) is 0.793. The Morgan fingerprint density at radius 1 is 1.41 bits per heavy atom. The highest BCUT2D eigenvalue weighted by Gasteiger charge is 2.09. The summed E-state index contributed by atoms with van der Waals surface area (Å²) in [6, 6.07) is 4.73. The van der Waals surface area contributed by atoms with Crippen LogP contribution in [0.15, 0.2) is 18.2 Å². The topological polar surface area (TPSA) is 35.2 Å². The number of rotatable bonds is 7. The van der Waals surface area contributed by atoms with Gasteiger partial charge in [-0.05, 0) is 55.5 Å². The predicted octanol–water partition coefficient (Wildman–Crippen LogP) is 3.14. The van der Waals surface area contributed by atoms with Gasteiger partial charge in [-0.2, -0.15) is 0 Å². The third-order valence-electron chi connectivity index (χ3n) is 2.71. The van der Waals surface area contributed by atoms with E-state index in [1.54, 1.807) is 12.1 Å². The number of nitrogens with two attached hydrogens (primary N) is 1. The molecule has 17 heavy (non-hydrogen) atoms. The van der Waals surface area contributed by atoms with Gasteiger partial charge in [-0.15, -0.1) is 0 Å². The Balaban J connectivity index is 2.75. The molecule has 0 amide bonds. The van der Waals surface area contributed by atoms with Gasteiger partial charge in [0, 0.05) is 0 Å². The molecule has 0 aliphatic carbocycles. The second-order valence-electron chi connectivity index (χ2n) is 4.49. The lowest BCUT2D eigenvalue weighted by Crippen LogP contribution is -2.09. The molecule has 0 radical (unpaired) electrons. The second kappa shape index (κ2) is 7.28. The predicted molar refractivity (Wildman–Crippen MR) is 68.7 cm³/mol. The van der Waals surface area contributed by atoms with Crippen LogP contribution in [0.4, 0.5) is 4.39 Å². The van der Waals surface area contributed by atoms with E-state index in [1.165, 1.54) is 6.07 Å². The van der Waals surface area contributed by atoms with Crippen LogP contribution in [0.1, 0.15) is 32.3 Å². The van der Waals surface area contributed by atoms with Crippen molar-refractivity contribution >= 4 is 0 Å². The van der Waals surface area contributed by atoms with Crippen LogP contribution in [-0.4, -0.2) is 13.2 Å². The highest BCUT2D eigenvalue weighted by Crippen LogP contribution is 2.24. The molecule has 0 aliphatic heterocycles. The van der Waals surface area contributed by atoms with Crippen LogP contribution < -0.4 is 10.5 Å². The zero-order valence-electron chi connectivity index (χ0n) is 10.7. The van der Waals surface area contributed by atoms with Crippen molar-refractivity contribution < 1.29 is 9.13 Å². The fourth-order valence-corrected chi connectivity index (χ4v) is 1.82. The minimum Gasteiger partial charge on any atom is -0.493 e. The standard InChI is InChI=1S/C14H22FNO/c1-3-8-17-14-5-4-13(15)10-12(14)9-11(2)6-7-16/h4-5,10-11H,3,6-9,16H2,1-2H3. The van der Waals surface area contributed by atoms with Gasteiger partial charge in [0.15, 0.2) is 0 Å². The molecule has 1 aromatic rings. The molecule has 1 aromatic carbocycles. The molecule has 0 fully saturated rings. The molecular formula is C14H22FNO. The second-order valence-corrected chi connectivity index (χ2v) is 4.49. The maximum absolute atomic E-state index is 13.2. The van der Waals surface area contributed by atoms with E-state index in [4.69, 9.17) is 10.5 Å². The minimum absolute atomic E-state index is 0.205. The molecular weight excluding hydrogens is 217 g/mol. The summed E-state index contributed by atoms with van der Waals surface area (Å²) >= 11 is 0. The molecule has 3 heteroatoms. The van der Waals surface area contributed by atoms with Gasteiger partial charge in [0.2, 0.25) is 0 Å². The molecule has 0 aliphatic rings. The van der Waals surface area contributed by atoms with E-state index in [0.717, 1.165) is 30.6 Å². The maximum atomic E-state index is 13.2. The number of hydrogen-bond donors (Lipinski definition) is 1. The molecule has 0 heterocycles. The van der Waals surface area contributed by atoms with E-state index in [1.807, 2.05) is 0 Å². The number of ether oxygens (including phenoxy) is 1. The van der Waals surface area contributed by atoms with Crippen LogP contribution >= 0.6 is 0 Å². The van der Waals surface area contributed by atoms with Crippen LogP contribution in [0.5, 0.6) is 5.75 Å². The van der Waals surface area contributed by atoms with Crippen LogP contribution in [0, 0.1) is 11.7 Å². The van der Waals surface area contributed by atoms with Crippen LogP contribution in [0.25, 0.3) is 0 Å². The minimum atomic E-state index is -0.205. The molecule has 0 saturated carbocycles. The van der Waals surface area contributed by atoms with Crippen LogP contribution in [0.2, 0.25) is 0 Å². The summed E-state index contributed by atoms with van der Waals surface area (Å²) in [7, 11) is 0. The van der Waals surface area contributed by atoms with Crippen molar-refractivity contribution in [3.05, 3.63) is 29.6 Å². The van der Waals surface area contributed by atoms with Gasteiger partial charge in [0.05, 0.1) is 6.61 Å². The number of benzene rings is 1.